The molecule has 1 heterocycles. The third-order valence-corrected chi connectivity index (χ3v) is 4.45. The van der Waals surface area contributed by atoms with Crippen molar-refractivity contribution in [1.82, 2.24) is 10.2 Å². The van der Waals surface area contributed by atoms with Crippen molar-refractivity contribution in [3.63, 3.8) is 0 Å². The van der Waals surface area contributed by atoms with Gasteiger partial charge in [-0.05, 0) is 17.0 Å². The van der Waals surface area contributed by atoms with Crippen LogP contribution in [0.5, 0.6) is 0 Å². The van der Waals surface area contributed by atoms with Crippen molar-refractivity contribution in [1.29, 1.82) is 5.26 Å². The lowest BCUT2D eigenvalue weighted by atomic mass is 9.96. The number of nitriles is 1. The van der Waals surface area contributed by atoms with E-state index in [0.29, 0.717) is 0 Å². The van der Waals surface area contributed by atoms with Gasteiger partial charge in [-0.3, -0.25) is 0 Å². The van der Waals surface area contributed by atoms with Crippen LogP contribution in [0.15, 0.2) is 84.7 Å². The van der Waals surface area contributed by atoms with Crippen LogP contribution in [0.4, 0.5) is 0 Å². The molecule has 0 bridgehead atoms. The van der Waals surface area contributed by atoms with Gasteiger partial charge in [0, 0.05) is 31.5 Å². The van der Waals surface area contributed by atoms with Crippen LogP contribution in [-0.4, -0.2) is 10.9 Å². The Hall–Kier alpha value is -2.83. The SMILES string of the molecule is C[C@H]1C=CN(Cc2ccccc2)C=C(C#N)[C@H]1NCc1ccccc1. The van der Waals surface area contributed by atoms with Crippen LogP contribution < -0.4 is 5.32 Å². The zero-order valence-electron chi connectivity index (χ0n) is 14.5. The molecule has 2 atom stereocenters. The predicted molar refractivity (Wildman–Crippen MR) is 101 cm³/mol. The number of hydrogen-bond acceptors (Lipinski definition) is 3. The fourth-order valence-electron chi connectivity index (χ4n) is 3.05. The summed E-state index contributed by atoms with van der Waals surface area (Å²) in [6.07, 6.45) is 6.22. The van der Waals surface area contributed by atoms with Gasteiger partial charge in [0.1, 0.15) is 0 Å². The molecule has 2 aromatic carbocycles. The van der Waals surface area contributed by atoms with Gasteiger partial charge >= 0.3 is 0 Å². The normalized spacial score (nSPS) is 19.8. The molecule has 1 N–H and O–H groups in total. The topological polar surface area (TPSA) is 39.1 Å². The molecule has 0 fully saturated rings. The van der Waals surface area contributed by atoms with Crippen molar-refractivity contribution in [2.24, 2.45) is 5.92 Å². The summed E-state index contributed by atoms with van der Waals surface area (Å²) in [6.45, 7) is 3.67. The Morgan fingerprint density at radius 2 is 1.64 bits per heavy atom. The van der Waals surface area contributed by atoms with Crippen LogP contribution in [0.1, 0.15) is 18.1 Å². The molecule has 3 heteroatoms. The van der Waals surface area contributed by atoms with E-state index < -0.39 is 0 Å². The number of nitrogens with zero attached hydrogens (tertiary/aromatic N) is 2. The summed E-state index contributed by atoms with van der Waals surface area (Å²) >= 11 is 0. The molecule has 0 aliphatic carbocycles. The molecular weight excluding hydrogens is 306 g/mol. The Morgan fingerprint density at radius 3 is 2.28 bits per heavy atom. The maximum absolute atomic E-state index is 9.67. The molecule has 0 saturated carbocycles. The third-order valence-electron chi connectivity index (χ3n) is 4.45. The highest BCUT2D eigenvalue weighted by Crippen LogP contribution is 2.21. The van der Waals surface area contributed by atoms with Gasteiger partial charge < -0.3 is 10.2 Å². The van der Waals surface area contributed by atoms with Gasteiger partial charge in [-0.25, -0.2) is 0 Å². The molecule has 0 radical (unpaired) electrons. The first-order valence-electron chi connectivity index (χ1n) is 8.63. The highest BCUT2D eigenvalue weighted by Gasteiger charge is 2.22. The van der Waals surface area contributed by atoms with Crippen molar-refractivity contribution in [2.45, 2.75) is 26.1 Å². The van der Waals surface area contributed by atoms with Crippen molar-refractivity contribution < 1.29 is 0 Å². The maximum Gasteiger partial charge on any atom is 0.0979 e. The first-order chi connectivity index (χ1) is 12.3. The van der Waals surface area contributed by atoms with E-state index in [4.69, 9.17) is 0 Å². The van der Waals surface area contributed by atoms with E-state index in [0.717, 1.165) is 18.7 Å². The van der Waals surface area contributed by atoms with Crippen molar-refractivity contribution in [2.75, 3.05) is 0 Å². The van der Waals surface area contributed by atoms with Gasteiger partial charge in [0.25, 0.3) is 0 Å². The molecule has 1 aliphatic heterocycles. The van der Waals surface area contributed by atoms with Gasteiger partial charge in [0.15, 0.2) is 0 Å². The molecule has 0 spiro atoms. The second-order valence-corrected chi connectivity index (χ2v) is 6.40. The molecule has 3 nitrogen and oxygen atoms in total. The molecule has 1 aliphatic rings. The van der Waals surface area contributed by atoms with E-state index in [2.05, 4.69) is 59.8 Å². The Balaban J connectivity index is 1.74. The summed E-state index contributed by atoms with van der Waals surface area (Å²) in [5.41, 5.74) is 3.22. The fourth-order valence-corrected chi connectivity index (χ4v) is 3.05. The quantitative estimate of drug-likeness (QED) is 0.893. The highest BCUT2D eigenvalue weighted by molar-refractivity contribution is 5.31. The smallest absolute Gasteiger partial charge is 0.0979 e. The minimum atomic E-state index is 0.0160. The van der Waals surface area contributed by atoms with Gasteiger partial charge in [-0.1, -0.05) is 73.7 Å². The average molecular weight is 329 g/mol. The monoisotopic (exact) mass is 329 g/mol. The zero-order valence-corrected chi connectivity index (χ0v) is 14.5. The van der Waals surface area contributed by atoms with Gasteiger partial charge in [0.05, 0.1) is 11.6 Å². The van der Waals surface area contributed by atoms with E-state index in [1.807, 2.05) is 42.6 Å². The number of benzene rings is 2. The number of nitrogens with one attached hydrogen (secondary N) is 1. The first kappa shape index (κ1) is 17.0. The van der Waals surface area contributed by atoms with Crippen LogP contribution in [0.25, 0.3) is 0 Å². The first-order valence-corrected chi connectivity index (χ1v) is 8.63. The van der Waals surface area contributed by atoms with Gasteiger partial charge in [0.2, 0.25) is 0 Å². The summed E-state index contributed by atoms with van der Waals surface area (Å²) in [7, 11) is 0. The van der Waals surface area contributed by atoms with Crippen LogP contribution in [0.2, 0.25) is 0 Å². The fraction of sp³-hybridized carbons (Fsp3) is 0.227. The predicted octanol–water partition coefficient (Wildman–Crippen LogP) is 4.22. The lowest BCUT2D eigenvalue weighted by molar-refractivity contribution is 0.485. The lowest BCUT2D eigenvalue weighted by Gasteiger charge is -2.21. The Kier molecular flexibility index (Phi) is 5.66. The van der Waals surface area contributed by atoms with Gasteiger partial charge in [-0.2, -0.15) is 5.26 Å². The molecule has 0 amide bonds. The Morgan fingerprint density at radius 1 is 1.00 bits per heavy atom. The minimum absolute atomic E-state index is 0.0160. The summed E-state index contributed by atoms with van der Waals surface area (Å²) in [5, 5.41) is 13.2. The second-order valence-electron chi connectivity index (χ2n) is 6.40. The highest BCUT2D eigenvalue weighted by atomic mass is 15.1. The summed E-state index contributed by atoms with van der Waals surface area (Å²) in [6, 6.07) is 23.0. The lowest BCUT2D eigenvalue weighted by Crippen LogP contribution is -2.35. The van der Waals surface area contributed by atoms with Crippen LogP contribution in [0, 0.1) is 17.2 Å². The van der Waals surface area contributed by atoms with Crippen LogP contribution in [0.3, 0.4) is 0 Å². The molecule has 2 aromatic rings. The minimum Gasteiger partial charge on any atom is -0.349 e. The Bertz CT molecular complexity index is 772. The van der Waals surface area contributed by atoms with E-state index in [1.165, 1.54) is 11.1 Å². The molecule has 3 rings (SSSR count). The molecule has 0 saturated heterocycles. The van der Waals surface area contributed by atoms with Crippen molar-refractivity contribution >= 4 is 0 Å². The molecule has 126 valence electrons. The Labute approximate surface area is 149 Å². The third kappa shape index (κ3) is 4.59. The summed E-state index contributed by atoms with van der Waals surface area (Å²) in [4.78, 5) is 2.09. The largest absolute Gasteiger partial charge is 0.349 e. The number of hydrogen-bond donors (Lipinski definition) is 1. The zero-order chi connectivity index (χ0) is 17.5. The van der Waals surface area contributed by atoms with Crippen LogP contribution in [-0.2, 0) is 13.1 Å². The summed E-state index contributed by atoms with van der Waals surface area (Å²) in [5.74, 6) is 0.246. The summed E-state index contributed by atoms with van der Waals surface area (Å²) < 4.78 is 0. The van der Waals surface area contributed by atoms with E-state index in [9.17, 15) is 5.26 Å². The van der Waals surface area contributed by atoms with E-state index >= 15 is 0 Å². The number of rotatable bonds is 5. The van der Waals surface area contributed by atoms with Crippen LogP contribution >= 0.6 is 0 Å². The molecule has 25 heavy (non-hydrogen) atoms. The van der Waals surface area contributed by atoms with E-state index in [-0.39, 0.29) is 12.0 Å². The van der Waals surface area contributed by atoms with Crippen molar-refractivity contribution in [3.8, 4) is 6.07 Å². The van der Waals surface area contributed by atoms with Crippen molar-refractivity contribution in [3.05, 3.63) is 95.8 Å². The van der Waals surface area contributed by atoms with Gasteiger partial charge in [-0.15, -0.1) is 0 Å². The standard InChI is InChI=1S/C22H23N3/c1-18-12-13-25(16-20-10-6-3-7-11-20)17-21(14-23)22(18)24-15-19-8-4-2-5-9-19/h2-13,17-18,22,24H,15-16H2,1H3/t18-,22-/m0/s1. The molecule has 0 aromatic heterocycles. The maximum atomic E-state index is 9.67. The molecular formula is C22H23N3. The average Bonchev–Trinajstić information content (AvgIpc) is 2.80. The van der Waals surface area contributed by atoms with E-state index in [1.54, 1.807) is 0 Å². The molecule has 0 unspecified atom stereocenters. The second kappa shape index (κ2) is 8.32.